The SMILES string of the molecule is [2H]C(CCCCC)=C([2H])CC([2H])=C([2H])CC([2H])=C([2H])CC([2H])=C([2H])CCCC(=O)OC(CO)COC(=O)CCCCCCCCCCCCCCCCC. The monoisotopic (exact) mass is 653 g/mol. The molecule has 46 heavy (non-hydrogen) atoms. The first-order chi connectivity index (χ1) is 25.9. The van der Waals surface area contributed by atoms with Gasteiger partial charge in [-0.2, -0.15) is 0 Å². The van der Waals surface area contributed by atoms with Gasteiger partial charge in [0, 0.05) is 12.8 Å². The van der Waals surface area contributed by atoms with Crippen molar-refractivity contribution in [2.45, 2.75) is 187 Å². The highest BCUT2D eigenvalue weighted by Gasteiger charge is 2.15. The highest BCUT2D eigenvalue weighted by atomic mass is 16.6. The molecule has 1 unspecified atom stereocenters. The van der Waals surface area contributed by atoms with Gasteiger partial charge in [-0.25, -0.2) is 0 Å². The number of allylic oxidation sites excluding steroid dienone is 8. The minimum Gasteiger partial charge on any atom is -0.462 e. The summed E-state index contributed by atoms with van der Waals surface area (Å²) in [6.07, 6.45) is 20.4. The molecule has 0 aliphatic heterocycles. The lowest BCUT2D eigenvalue weighted by atomic mass is 10.0. The van der Waals surface area contributed by atoms with Crippen molar-refractivity contribution in [3.8, 4) is 0 Å². The van der Waals surface area contributed by atoms with Gasteiger partial charge in [-0.05, 0) is 51.4 Å². The molecule has 0 saturated heterocycles. The number of carbonyl (C=O) groups excluding carboxylic acids is 2. The van der Waals surface area contributed by atoms with Crippen LogP contribution in [0.3, 0.4) is 0 Å². The number of ether oxygens (including phenoxy) is 2. The van der Waals surface area contributed by atoms with E-state index in [2.05, 4.69) is 6.92 Å². The molecule has 0 saturated carbocycles. The smallest absolute Gasteiger partial charge is 0.306 e. The van der Waals surface area contributed by atoms with Gasteiger partial charge in [-0.15, -0.1) is 0 Å². The zero-order valence-corrected chi connectivity index (χ0v) is 29.5. The van der Waals surface area contributed by atoms with Crippen LogP contribution in [-0.2, 0) is 19.1 Å². The largest absolute Gasteiger partial charge is 0.462 e. The van der Waals surface area contributed by atoms with Crippen LogP contribution in [0.5, 0.6) is 0 Å². The number of hydrogen-bond donors (Lipinski definition) is 1. The van der Waals surface area contributed by atoms with E-state index in [1.54, 1.807) is 0 Å². The maximum absolute atomic E-state index is 12.3. The van der Waals surface area contributed by atoms with Crippen LogP contribution in [-0.4, -0.2) is 36.4 Å². The Labute approximate surface area is 295 Å². The van der Waals surface area contributed by atoms with Crippen LogP contribution in [0.4, 0.5) is 0 Å². The molecule has 0 aliphatic rings. The summed E-state index contributed by atoms with van der Waals surface area (Å²) in [4.78, 5) is 24.4. The molecule has 0 aromatic carbocycles. The predicted octanol–water partition coefficient (Wildman–Crippen LogP) is 11.8. The second-order valence-corrected chi connectivity index (χ2v) is 11.9. The van der Waals surface area contributed by atoms with Gasteiger partial charge in [0.1, 0.15) is 6.61 Å². The fraction of sp³-hybridized carbons (Fsp3) is 0.756. The summed E-state index contributed by atoms with van der Waals surface area (Å²) in [6, 6.07) is -1.14. The van der Waals surface area contributed by atoms with E-state index in [4.69, 9.17) is 20.4 Å². The highest BCUT2D eigenvalue weighted by Crippen LogP contribution is 2.14. The highest BCUT2D eigenvalue weighted by molar-refractivity contribution is 5.70. The Morgan fingerprint density at radius 2 is 0.935 bits per heavy atom. The molecule has 0 spiro atoms. The van der Waals surface area contributed by atoms with Crippen LogP contribution in [0.2, 0.25) is 0 Å². The van der Waals surface area contributed by atoms with Crippen molar-refractivity contribution < 1.29 is 35.1 Å². The number of rotatable bonds is 34. The van der Waals surface area contributed by atoms with E-state index in [1.165, 1.54) is 77.0 Å². The lowest BCUT2D eigenvalue weighted by Gasteiger charge is -2.15. The third-order valence-corrected chi connectivity index (χ3v) is 7.53. The maximum atomic E-state index is 12.3. The minimum atomic E-state index is -0.990. The third-order valence-electron chi connectivity index (χ3n) is 7.53. The van der Waals surface area contributed by atoms with E-state index in [0.29, 0.717) is 6.42 Å². The molecule has 0 aromatic rings. The van der Waals surface area contributed by atoms with Gasteiger partial charge in [0.15, 0.2) is 6.10 Å². The average molecular weight is 653 g/mol. The normalized spacial score (nSPS) is 16.8. The average Bonchev–Trinajstić information content (AvgIpc) is 3.14. The summed E-state index contributed by atoms with van der Waals surface area (Å²) in [5, 5.41) is 9.59. The topological polar surface area (TPSA) is 72.8 Å². The number of hydrogen-bond acceptors (Lipinski definition) is 5. The quantitative estimate of drug-likeness (QED) is 0.0425. The van der Waals surface area contributed by atoms with Crippen molar-refractivity contribution in [1.29, 1.82) is 0 Å². The number of carbonyl (C=O) groups is 2. The fourth-order valence-corrected chi connectivity index (χ4v) is 4.74. The van der Waals surface area contributed by atoms with E-state index < -0.39 is 24.6 Å². The lowest BCUT2D eigenvalue weighted by Crippen LogP contribution is -2.28. The van der Waals surface area contributed by atoms with Crippen molar-refractivity contribution in [1.82, 2.24) is 0 Å². The molecule has 0 aromatic heterocycles. The van der Waals surface area contributed by atoms with Gasteiger partial charge in [0.05, 0.1) is 17.6 Å². The van der Waals surface area contributed by atoms with Gasteiger partial charge >= 0.3 is 11.9 Å². The number of unbranched alkanes of at least 4 members (excludes halogenated alkanes) is 16. The fourth-order valence-electron chi connectivity index (χ4n) is 4.74. The molecule has 5 heteroatoms. The number of esters is 2. The first-order valence-corrected chi connectivity index (χ1v) is 18.4. The molecule has 0 aliphatic carbocycles. The van der Waals surface area contributed by atoms with Crippen LogP contribution >= 0.6 is 0 Å². The van der Waals surface area contributed by atoms with Gasteiger partial charge in [-0.3, -0.25) is 9.59 Å². The zero-order valence-electron chi connectivity index (χ0n) is 37.5. The molecule has 1 atom stereocenters. The Balaban J connectivity index is 4.35. The summed E-state index contributed by atoms with van der Waals surface area (Å²) < 4.78 is 75.2. The van der Waals surface area contributed by atoms with E-state index in [-0.39, 0.29) is 100.0 Å². The number of aliphatic hydroxyl groups is 1. The number of aliphatic hydroxyl groups excluding tert-OH is 1. The Bertz CT molecular complexity index is 1170. The van der Waals surface area contributed by atoms with Crippen LogP contribution in [0.1, 0.15) is 192 Å². The second-order valence-electron chi connectivity index (χ2n) is 11.9. The molecule has 266 valence electrons. The molecule has 0 rings (SSSR count). The first kappa shape index (κ1) is 31.1. The third kappa shape index (κ3) is 34.7. The lowest BCUT2D eigenvalue weighted by molar-refractivity contribution is -0.161. The van der Waals surface area contributed by atoms with Crippen molar-refractivity contribution in [3.05, 3.63) is 48.4 Å². The van der Waals surface area contributed by atoms with E-state index in [0.717, 1.165) is 38.5 Å². The second kappa shape index (κ2) is 37.3. The summed E-state index contributed by atoms with van der Waals surface area (Å²) in [6.45, 7) is 3.55. The molecule has 5 nitrogen and oxygen atoms in total. The minimum absolute atomic E-state index is 0.0300. The summed E-state index contributed by atoms with van der Waals surface area (Å²) in [7, 11) is 0. The molecular weight excluding hydrogens is 572 g/mol. The van der Waals surface area contributed by atoms with Crippen LogP contribution in [0.25, 0.3) is 0 Å². The summed E-state index contributed by atoms with van der Waals surface area (Å²) >= 11 is 0. The molecule has 0 heterocycles. The molecule has 1 N–H and O–H groups in total. The summed E-state index contributed by atoms with van der Waals surface area (Å²) in [5.41, 5.74) is 0. The first-order valence-electron chi connectivity index (χ1n) is 22.4. The van der Waals surface area contributed by atoms with Crippen molar-refractivity contribution in [2.75, 3.05) is 13.2 Å². The molecule has 0 bridgehead atoms. The van der Waals surface area contributed by atoms with E-state index in [9.17, 15) is 14.7 Å². The van der Waals surface area contributed by atoms with Crippen LogP contribution in [0.15, 0.2) is 48.4 Å². The molecule has 0 amide bonds. The van der Waals surface area contributed by atoms with Gasteiger partial charge < -0.3 is 14.6 Å². The van der Waals surface area contributed by atoms with Crippen molar-refractivity contribution >= 4 is 11.9 Å². The standard InChI is InChI=1S/C41H72O5/c1-3-5-7-9-11-13-15-17-19-20-22-24-26-28-30-32-34-36-41(44)46-39(37-42)38-45-40(43)35-33-31-29-27-25-23-21-18-16-14-12-10-8-6-4-2/h11,13,17,19,22,24,28,30,39,42H,3-10,12,14-16,18,20-21,23,25-27,29,31-38H2,1-2H3/i11D,13D,17D,19D,22D,24D,28D,30D. The van der Waals surface area contributed by atoms with Gasteiger partial charge in [0.25, 0.3) is 0 Å². The Morgan fingerprint density at radius 3 is 1.41 bits per heavy atom. The predicted molar refractivity (Wildman–Crippen MR) is 196 cm³/mol. The Hall–Kier alpha value is -2.14. The van der Waals surface area contributed by atoms with E-state index in [1.807, 2.05) is 6.92 Å². The summed E-state index contributed by atoms with van der Waals surface area (Å²) in [5.74, 6) is -1.03. The van der Waals surface area contributed by atoms with E-state index >= 15 is 0 Å². The van der Waals surface area contributed by atoms with Crippen molar-refractivity contribution in [3.63, 3.8) is 0 Å². The molecular formula is C41H72O5. The molecule has 0 radical (unpaired) electrons. The zero-order chi connectivity index (χ0) is 40.6. The van der Waals surface area contributed by atoms with Crippen LogP contribution in [0, 0.1) is 0 Å². The van der Waals surface area contributed by atoms with Crippen molar-refractivity contribution in [2.24, 2.45) is 0 Å². The molecule has 0 fully saturated rings. The van der Waals surface area contributed by atoms with Gasteiger partial charge in [-0.1, -0.05) is 165 Å². The van der Waals surface area contributed by atoms with Crippen LogP contribution < -0.4 is 0 Å². The van der Waals surface area contributed by atoms with Gasteiger partial charge in [0.2, 0.25) is 0 Å². The Morgan fingerprint density at radius 1 is 0.543 bits per heavy atom. The Kier molecular flexibility index (Phi) is 25.3. The maximum Gasteiger partial charge on any atom is 0.306 e.